The molecule has 0 atom stereocenters. The zero-order valence-corrected chi connectivity index (χ0v) is 30.3. The second-order valence-corrected chi connectivity index (χ2v) is 15.0. The van der Waals surface area contributed by atoms with Crippen molar-refractivity contribution < 1.29 is 37.7 Å². The van der Waals surface area contributed by atoms with E-state index in [0.717, 1.165) is 16.5 Å². The van der Waals surface area contributed by atoms with Gasteiger partial charge in [0.05, 0.1) is 10.5 Å². The Labute approximate surface area is 302 Å². The Balaban J connectivity index is 0.000000200. The van der Waals surface area contributed by atoms with Crippen LogP contribution in [0.15, 0.2) is 95.9 Å². The number of nitrogens with one attached hydrogen (secondary N) is 3. The van der Waals surface area contributed by atoms with E-state index in [1.54, 1.807) is 42.5 Å². The molecule has 270 valence electrons. The zero-order chi connectivity index (χ0) is 37.5. The average molecular weight is 725 g/mol. The van der Waals surface area contributed by atoms with E-state index in [-0.39, 0.29) is 29.6 Å². The Bertz CT molecular complexity index is 2270. The highest BCUT2D eigenvalue weighted by molar-refractivity contribution is 7.89. The Morgan fingerprint density at radius 3 is 1.96 bits per heavy atom. The highest BCUT2D eigenvalue weighted by Gasteiger charge is 2.53. The molecule has 0 unspecified atom stereocenters. The number of anilines is 2. The molecule has 12 nitrogen and oxygen atoms in total. The minimum absolute atomic E-state index is 0.0113. The van der Waals surface area contributed by atoms with Gasteiger partial charge in [0.2, 0.25) is 10.0 Å². The molecule has 5 N–H and O–H groups in total. The van der Waals surface area contributed by atoms with Gasteiger partial charge in [0.15, 0.2) is 5.60 Å². The normalized spacial score (nSPS) is 13.7. The van der Waals surface area contributed by atoms with E-state index < -0.39 is 21.6 Å². The first-order chi connectivity index (χ1) is 24.6. The van der Waals surface area contributed by atoms with Crippen LogP contribution in [0.4, 0.5) is 16.2 Å². The van der Waals surface area contributed by atoms with Gasteiger partial charge in [0, 0.05) is 77.1 Å². The van der Waals surface area contributed by atoms with Crippen molar-refractivity contribution in [3.63, 3.8) is 0 Å². The molecule has 2 aliphatic rings. The highest BCUT2D eigenvalue weighted by Crippen LogP contribution is 2.57. The number of aromatic hydroxyl groups is 2. The minimum atomic E-state index is -3.50. The van der Waals surface area contributed by atoms with Gasteiger partial charge < -0.3 is 35.2 Å². The number of benzene rings is 5. The molecular weight excluding hydrogens is 685 g/mol. The van der Waals surface area contributed by atoms with Crippen LogP contribution in [0.5, 0.6) is 23.0 Å². The molecule has 0 saturated heterocycles. The van der Waals surface area contributed by atoms with Gasteiger partial charge in [-0.05, 0) is 76.2 Å². The van der Waals surface area contributed by atoms with Crippen molar-refractivity contribution >= 4 is 44.2 Å². The molecule has 1 spiro atoms. The first-order valence-corrected chi connectivity index (χ1v) is 18.1. The topological polar surface area (TPSA) is 167 Å². The third kappa shape index (κ3) is 6.67. The molecule has 52 heavy (non-hydrogen) atoms. The van der Waals surface area contributed by atoms with Crippen molar-refractivity contribution in [2.24, 2.45) is 0 Å². The van der Waals surface area contributed by atoms with Crippen LogP contribution in [0, 0.1) is 0 Å². The number of esters is 1. The fourth-order valence-electron chi connectivity index (χ4n) is 6.48. The fourth-order valence-corrected chi connectivity index (χ4v) is 7.95. The summed E-state index contributed by atoms with van der Waals surface area (Å²) < 4.78 is 39.4. The molecular formula is C39H40N4O8S. The largest absolute Gasteiger partial charge is 0.508 e. The third-order valence-electron chi connectivity index (χ3n) is 8.47. The van der Waals surface area contributed by atoms with Crippen molar-refractivity contribution in [2.75, 3.05) is 24.3 Å². The molecule has 0 radical (unpaired) electrons. The van der Waals surface area contributed by atoms with Crippen LogP contribution in [0.3, 0.4) is 0 Å². The van der Waals surface area contributed by atoms with E-state index in [0.29, 0.717) is 44.3 Å². The van der Waals surface area contributed by atoms with Crippen LogP contribution in [0.2, 0.25) is 0 Å². The average Bonchev–Trinajstić information content (AvgIpc) is 3.34. The van der Waals surface area contributed by atoms with Crippen molar-refractivity contribution in [3.8, 4) is 23.0 Å². The van der Waals surface area contributed by atoms with Gasteiger partial charge in [-0.1, -0.05) is 30.3 Å². The molecule has 0 aliphatic carbocycles. The van der Waals surface area contributed by atoms with Crippen LogP contribution in [-0.4, -0.2) is 56.8 Å². The Morgan fingerprint density at radius 2 is 1.37 bits per heavy atom. The SMILES string of the molecule is CC(C)NC(=O)Nc1ccc2c(c1)C(=O)OC21c2ccc(O)cc2Oc2cc(O)ccc21.CC(C)NS(=O)(=O)c1cccc2c(N(C)C)cccc12. The van der Waals surface area contributed by atoms with Gasteiger partial charge in [-0.25, -0.2) is 22.7 Å². The number of ether oxygens (including phenoxy) is 2. The maximum Gasteiger partial charge on any atom is 0.340 e. The number of carbonyl (C=O) groups excluding carboxylic acids is 2. The quantitative estimate of drug-likeness (QED) is 0.119. The number of hydrogen-bond donors (Lipinski definition) is 5. The number of amides is 2. The number of hydrogen-bond acceptors (Lipinski definition) is 9. The third-order valence-corrected chi connectivity index (χ3v) is 10.2. The molecule has 2 heterocycles. The summed E-state index contributed by atoms with van der Waals surface area (Å²) in [5.74, 6) is 0.0305. The summed E-state index contributed by atoms with van der Waals surface area (Å²) in [6.07, 6.45) is 0. The summed E-state index contributed by atoms with van der Waals surface area (Å²) in [6, 6.07) is 24.7. The lowest BCUT2D eigenvalue weighted by atomic mass is 9.77. The van der Waals surface area contributed by atoms with E-state index in [9.17, 15) is 28.2 Å². The lowest BCUT2D eigenvalue weighted by Gasteiger charge is -2.36. The molecule has 0 saturated carbocycles. The number of rotatable bonds is 6. The van der Waals surface area contributed by atoms with E-state index in [1.165, 1.54) is 24.3 Å². The monoisotopic (exact) mass is 724 g/mol. The van der Waals surface area contributed by atoms with Crippen LogP contribution in [0.25, 0.3) is 10.8 Å². The van der Waals surface area contributed by atoms with E-state index >= 15 is 0 Å². The number of phenolic OH excluding ortho intramolecular Hbond substituents is 2. The summed E-state index contributed by atoms with van der Waals surface area (Å²) in [7, 11) is 0.396. The number of fused-ring (bicyclic) bond motifs is 7. The number of nitrogens with zero attached hydrogens (tertiary/aromatic N) is 1. The molecule has 7 rings (SSSR count). The van der Waals surface area contributed by atoms with Crippen molar-refractivity contribution in [3.05, 3.63) is 113 Å². The zero-order valence-electron chi connectivity index (χ0n) is 29.5. The Hall–Kier alpha value is -5.79. The number of urea groups is 1. The molecule has 5 aromatic rings. The summed E-state index contributed by atoms with van der Waals surface area (Å²) in [6.45, 7) is 7.32. The second-order valence-electron chi connectivity index (χ2n) is 13.3. The van der Waals surface area contributed by atoms with E-state index in [4.69, 9.17) is 9.47 Å². The van der Waals surface area contributed by atoms with Crippen molar-refractivity contribution in [1.29, 1.82) is 0 Å². The van der Waals surface area contributed by atoms with Crippen LogP contribution < -0.4 is 25.0 Å². The molecule has 0 aromatic heterocycles. The highest BCUT2D eigenvalue weighted by atomic mass is 32.2. The predicted octanol–water partition coefficient (Wildman–Crippen LogP) is 6.79. The summed E-state index contributed by atoms with van der Waals surface area (Å²) in [5.41, 5.74) is 2.07. The number of phenols is 2. The first kappa shape index (κ1) is 36.0. The van der Waals surface area contributed by atoms with Crippen LogP contribution in [0.1, 0.15) is 54.7 Å². The lowest BCUT2D eigenvalue weighted by Crippen LogP contribution is -2.34. The minimum Gasteiger partial charge on any atom is -0.508 e. The molecule has 5 aromatic carbocycles. The standard InChI is InChI=1S/C24H20N2O6.C15H20N2O2S/c1-12(2)25-23(30)26-13-3-6-17-16(9-13)22(29)32-24(17)18-7-4-14(27)10-20(18)31-21-11-15(28)5-8-19(21)24;1-11(2)16-20(18,19)15-10-6-7-12-13(15)8-5-9-14(12)17(3)4/h3-12,27-28H,1-2H3,(H2,25,26,30);5-11,16H,1-4H3. The predicted molar refractivity (Wildman–Crippen MR) is 199 cm³/mol. The molecule has 13 heteroatoms. The number of carbonyl (C=O) groups is 2. The van der Waals surface area contributed by atoms with Gasteiger partial charge in [0.25, 0.3) is 0 Å². The summed E-state index contributed by atoms with van der Waals surface area (Å²) in [4.78, 5) is 27.4. The smallest absolute Gasteiger partial charge is 0.340 e. The lowest BCUT2D eigenvalue weighted by molar-refractivity contribution is 0.0224. The summed E-state index contributed by atoms with van der Waals surface area (Å²) in [5, 5.41) is 27.1. The first-order valence-electron chi connectivity index (χ1n) is 16.6. The van der Waals surface area contributed by atoms with Crippen LogP contribution in [-0.2, 0) is 20.4 Å². The molecule has 2 aliphatic heterocycles. The van der Waals surface area contributed by atoms with E-state index in [1.807, 2.05) is 71.0 Å². The molecule has 0 fully saturated rings. The summed E-state index contributed by atoms with van der Waals surface area (Å²) >= 11 is 0. The Kier molecular flexibility index (Phi) is 9.51. The van der Waals surface area contributed by atoms with E-state index in [2.05, 4.69) is 15.4 Å². The maximum atomic E-state index is 13.0. The van der Waals surface area contributed by atoms with Gasteiger partial charge in [-0.2, -0.15) is 0 Å². The molecule has 2 amide bonds. The Morgan fingerprint density at radius 1 is 0.769 bits per heavy atom. The number of sulfonamides is 1. The second kappa shape index (κ2) is 13.7. The van der Waals surface area contributed by atoms with Gasteiger partial charge >= 0.3 is 12.0 Å². The van der Waals surface area contributed by atoms with Crippen molar-refractivity contribution in [2.45, 2.75) is 50.3 Å². The fraction of sp³-hybridized carbons (Fsp3) is 0.231. The van der Waals surface area contributed by atoms with Gasteiger partial charge in [-0.3, -0.25) is 0 Å². The maximum absolute atomic E-state index is 13.0. The van der Waals surface area contributed by atoms with Crippen molar-refractivity contribution in [1.82, 2.24) is 10.0 Å². The van der Waals surface area contributed by atoms with Gasteiger partial charge in [-0.15, -0.1) is 0 Å². The molecule has 0 bridgehead atoms. The van der Waals surface area contributed by atoms with Gasteiger partial charge in [0.1, 0.15) is 23.0 Å². The van der Waals surface area contributed by atoms with Crippen LogP contribution >= 0.6 is 0 Å².